The average Bonchev–Trinajstić information content (AvgIpc) is 2.36. The van der Waals surface area contributed by atoms with Crippen molar-refractivity contribution in [3.63, 3.8) is 0 Å². The van der Waals surface area contributed by atoms with E-state index in [0.717, 1.165) is 6.07 Å². The smallest absolute Gasteiger partial charge is 0.336 e. The number of carboxylic acids is 1. The molecule has 0 amide bonds. The normalized spacial score (nSPS) is 10.4. The third-order valence-electron chi connectivity index (χ3n) is 2.67. The lowest BCUT2D eigenvalue weighted by Gasteiger charge is -2.11. The number of fused-ring (bicyclic) bond motifs is 1. The standard InChI is InChI=1S/C13H12O6/c1-17-10-5-8-7(3-12(14)15)4-13(16)19-9(8)6-11(10)18-2/h4-6H,3H2,1-2H3,(H,14,15)/p-1. The number of carbonyl (C=O) groups excluding carboxylic acids is 1. The first-order valence-corrected chi connectivity index (χ1v) is 5.43. The van der Waals surface area contributed by atoms with Gasteiger partial charge in [0.15, 0.2) is 11.5 Å². The first kappa shape index (κ1) is 12.9. The van der Waals surface area contributed by atoms with E-state index in [2.05, 4.69) is 0 Å². The number of aliphatic carboxylic acids is 1. The number of carbonyl (C=O) groups is 1. The average molecular weight is 263 g/mol. The number of hydrogen-bond donors (Lipinski definition) is 0. The molecule has 1 aromatic carbocycles. The lowest BCUT2D eigenvalue weighted by Crippen LogP contribution is -2.25. The predicted octanol–water partition coefficient (Wildman–Crippen LogP) is 0.103. The molecule has 0 fully saturated rings. The highest BCUT2D eigenvalue weighted by Gasteiger charge is 2.12. The van der Waals surface area contributed by atoms with Crippen molar-refractivity contribution >= 4 is 16.9 Å². The zero-order valence-corrected chi connectivity index (χ0v) is 10.4. The summed E-state index contributed by atoms with van der Waals surface area (Å²) in [4.78, 5) is 22.1. The lowest BCUT2D eigenvalue weighted by molar-refractivity contribution is -0.304. The second-order valence-electron chi connectivity index (χ2n) is 3.84. The van der Waals surface area contributed by atoms with Gasteiger partial charge in [-0.15, -0.1) is 0 Å². The third kappa shape index (κ3) is 2.52. The Kier molecular flexibility index (Phi) is 3.41. The number of methoxy groups -OCH3 is 2. The molecule has 0 aliphatic rings. The van der Waals surface area contributed by atoms with Crippen molar-refractivity contribution in [2.75, 3.05) is 14.2 Å². The Balaban J connectivity index is 2.75. The fraction of sp³-hybridized carbons (Fsp3) is 0.231. The maximum atomic E-state index is 11.4. The summed E-state index contributed by atoms with van der Waals surface area (Å²) in [6.07, 6.45) is -0.377. The molecule has 0 bridgehead atoms. The van der Waals surface area contributed by atoms with E-state index < -0.39 is 11.6 Å². The van der Waals surface area contributed by atoms with Crippen LogP contribution in [0.25, 0.3) is 11.0 Å². The summed E-state index contributed by atoms with van der Waals surface area (Å²) in [5.74, 6) is -0.464. The van der Waals surface area contributed by atoms with Crippen molar-refractivity contribution in [3.05, 3.63) is 34.2 Å². The molecule has 0 aliphatic carbocycles. The number of ether oxygens (including phenoxy) is 2. The van der Waals surface area contributed by atoms with Crippen LogP contribution < -0.4 is 20.2 Å². The molecule has 0 radical (unpaired) electrons. The van der Waals surface area contributed by atoms with Crippen LogP contribution in [0.3, 0.4) is 0 Å². The third-order valence-corrected chi connectivity index (χ3v) is 2.67. The van der Waals surface area contributed by atoms with E-state index in [4.69, 9.17) is 13.9 Å². The van der Waals surface area contributed by atoms with E-state index in [0.29, 0.717) is 22.4 Å². The Bertz CT molecular complexity index is 685. The van der Waals surface area contributed by atoms with Crippen LogP contribution in [0.4, 0.5) is 0 Å². The topological polar surface area (TPSA) is 88.8 Å². The minimum absolute atomic E-state index is 0.237. The molecule has 2 aromatic rings. The van der Waals surface area contributed by atoms with Crippen molar-refractivity contribution < 1.29 is 23.8 Å². The van der Waals surface area contributed by atoms with Crippen LogP contribution >= 0.6 is 0 Å². The van der Waals surface area contributed by atoms with E-state index in [1.165, 1.54) is 20.3 Å². The molecule has 100 valence electrons. The zero-order valence-electron chi connectivity index (χ0n) is 10.4. The summed E-state index contributed by atoms with van der Waals surface area (Å²) in [6.45, 7) is 0. The number of hydrogen-bond acceptors (Lipinski definition) is 6. The van der Waals surface area contributed by atoms with E-state index in [-0.39, 0.29) is 12.0 Å². The summed E-state index contributed by atoms with van der Waals surface area (Å²) >= 11 is 0. The highest BCUT2D eigenvalue weighted by Crippen LogP contribution is 2.33. The second-order valence-corrected chi connectivity index (χ2v) is 3.84. The Morgan fingerprint density at radius 1 is 1.21 bits per heavy atom. The lowest BCUT2D eigenvalue weighted by atomic mass is 10.1. The maximum Gasteiger partial charge on any atom is 0.336 e. The molecule has 0 saturated carbocycles. The molecule has 6 nitrogen and oxygen atoms in total. The zero-order chi connectivity index (χ0) is 14.0. The number of rotatable bonds is 4. The molecule has 1 aromatic heterocycles. The Morgan fingerprint density at radius 3 is 2.42 bits per heavy atom. The van der Waals surface area contributed by atoms with Crippen molar-refractivity contribution in [2.24, 2.45) is 0 Å². The van der Waals surface area contributed by atoms with Crippen molar-refractivity contribution in [2.45, 2.75) is 6.42 Å². The Morgan fingerprint density at radius 2 is 1.84 bits per heavy atom. The van der Waals surface area contributed by atoms with Crippen LogP contribution in [0.5, 0.6) is 11.5 Å². The van der Waals surface area contributed by atoms with Gasteiger partial charge in [0.2, 0.25) is 0 Å². The highest BCUT2D eigenvalue weighted by molar-refractivity contribution is 5.86. The Labute approximate surface area is 108 Å². The van der Waals surface area contributed by atoms with Gasteiger partial charge >= 0.3 is 5.63 Å². The Hall–Kier alpha value is -2.50. The van der Waals surface area contributed by atoms with Gasteiger partial charge in [0.1, 0.15) is 5.58 Å². The van der Waals surface area contributed by atoms with Gasteiger partial charge in [0, 0.05) is 29.9 Å². The fourth-order valence-electron chi connectivity index (χ4n) is 1.86. The van der Waals surface area contributed by atoms with Gasteiger partial charge in [-0.05, 0) is 11.6 Å². The molecule has 6 heteroatoms. The van der Waals surface area contributed by atoms with Crippen LogP contribution in [-0.2, 0) is 11.2 Å². The fourth-order valence-corrected chi connectivity index (χ4v) is 1.86. The molecule has 0 unspecified atom stereocenters. The predicted molar refractivity (Wildman–Crippen MR) is 64.3 cm³/mol. The van der Waals surface area contributed by atoms with Crippen molar-refractivity contribution in [3.8, 4) is 11.5 Å². The van der Waals surface area contributed by atoms with Crippen LogP contribution in [-0.4, -0.2) is 20.2 Å². The summed E-state index contributed by atoms with van der Waals surface area (Å²) < 4.78 is 15.2. The van der Waals surface area contributed by atoms with E-state index in [1.807, 2.05) is 0 Å². The van der Waals surface area contributed by atoms with Gasteiger partial charge in [0.25, 0.3) is 0 Å². The summed E-state index contributed by atoms with van der Waals surface area (Å²) in [5, 5.41) is 11.2. The molecular formula is C13H11O6-. The molecule has 0 saturated heterocycles. The first-order chi connectivity index (χ1) is 9.05. The molecule has 2 rings (SSSR count). The minimum Gasteiger partial charge on any atom is -0.550 e. The van der Waals surface area contributed by atoms with Gasteiger partial charge in [-0.3, -0.25) is 0 Å². The van der Waals surface area contributed by atoms with E-state index in [1.54, 1.807) is 6.07 Å². The maximum absolute atomic E-state index is 11.4. The second kappa shape index (κ2) is 5.01. The molecule has 1 heterocycles. The minimum atomic E-state index is -1.28. The highest BCUT2D eigenvalue weighted by atomic mass is 16.5. The first-order valence-electron chi connectivity index (χ1n) is 5.43. The van der Waals surface area contributed by atoms with Crippen LogP contribution in [0.15, 0.2) is 27.4 Å². The summed E-state index contributed by atoms with van der Waals surface area (Å²) in [7, 11) is 2.91. The molecule has 19 heavy (non-hydrogen) atoms. The van der Waals surface area contributed by atoms with E-state index in [9.17, 15) is 14.7 Å². The van der Waals surface area contributed by atoms with Crippen LogP contribution in [0.1, 0.15) is 5.56 Å². The largest absolute Gasteiger partial charge is 0.550 e. The quantitative estimate of drug-likeness (QED) is 0.727. The molecule has 0 spiro atoms. The van der Waals surface area contributed by atoms with E-state index >= 15 is 0 Å². The summed E-state index contributed by atoms with van der Waals surface area (Å²) in [6, 6.07) is 4.17. The van der Waals surface area contributed by atoms with Crippen molar-refractivity contribution in [1.29, 1.82) is 0 Å². The van der Waals surface area contributed by atoms with Gasteiger partial charge in [-0.25, -0.2) is 4.79 Å². The van der Waals surface area contributed by atoms with Gasteiger partial charge < -0.3 is 23.8 Å². The van der Waals surface area contributed by atoms with Crippen LogP contribution in [0.2, 0.25) is 0 Å². The monoisotopic (exact) mass is 263 g/mol. The summed E-state index contributed by atoms with van der Waals surface area (Å²) in [5.41, 5.74) is -0.0791. The number of carboxylic acid groups (broad SMARTS) is 1. The van der Waals surface area contributed by atoms with Crippen molar-refractivity contribution in [1.82, 2.24) is 0 Å². The molecular weight excluding hydrogens is 252 g/mol. The SMILES string of the molecule is COc1cc2oc(=O)cc(CC(=O)[O-])c2cc1OC. The number of benzene rings is 1. The van der Waals surface area contributed by atoms with Crippen LogP contribution in [0, 0.1) is 0 Å². The molecule has 0 N–H and O–H groups in total. The van der Waals surface area contributed by atoms with Gasteiger partial charge in [0.05, 0.1) is 14.2 Å². The van der Waals surface area contributed by atoms with Gasteiger partial charge in [-0.2, -0.15) is 0 Å². The molecule has 0 atom stereocenters. The van der Waals surface area contributed by atoms with Gasteiger partial charge in [-0.1, -0.05) is 0 Å². The molecule has 0 aliphatic heterocycles.